The van der Waals surface area contributed by atoms with E-state index in [-0.39, 0.29) is 0 Å². The highest BCUT2D eigenvalue weighted by molar-refractivity contribution is 5.65. The Balaban J connectivity index is 2.40. The zero-order valence-electron chi connectivity index (χ0n) is 12.3. The number of ether oxygens (including phenoxy) is 1. The number of nitrogens with one attached hydrogen (secondary N) is 1. The van der Waals surface area contributed by atoms with Gasteiger partial charge in [-0.05, 0) is 18.9 Å². The van der Waals surface area contributed by atoms with E-state index in [9.17, 15) is 0 Å². The highest BCUT2D eigenvalue weighted by Crippen LogP contribution is 2.23. The van der Waals surface area contributed by atoms with Crippen molar-refractivity contribution < 1.29 is 4.74 Å². The van der Waals surface area contributed by atoms with Crippen molar-refractivity contribution in [3.63, 3.8) is 0 Å². The molecule has 0 amide bonds. The molecule has 0 spiro atoms. The van der Waals surface area contributed by atoms with Crippen molar-refractivity contribution in [1.29, 1.82) is 0 Å². The van der Waals surface area contributed by atoms with E-state index >= 15 is 0 Å². The minimum absolute atomic E-state index is 0.417. The third kappa shape index (κ3) is 3.54. The van der Waals surface area contributed by atoms with Crippen LogP contribution in [0.15, 0.2) is 30.3 Å². The summed E-state index contributed by atoms with van der Waals surface area (Å²) in [6, 6.07) is 10.2. The van der Waals surface area contributed by atoms with Gasteiger partial charge in [0.1, 0.15) is 12.4 Å². The number of rotatable bonds is 6. The van der Waals surface area contributed by atoms with Gasteiger partial charge in [-0.3, -0.25) is 0 Å². The van der Waals surface area contributed by atoms with Crippen LogP contribution in [0, 0.1) is 6.92 Å². The summed E-state index contributed by atoms with van der Waals surface area (Å²) < 4.78 is 5.16. The number of hydrogen-bond acceptors (Lipinski definition) is 4. The van der Waals surface area contributed by atoms with E-state index in [0.717, 1.165) is 30.0 Å². The van der Waals surface area contributed by atoms with Crippen LogP contribution in [0.4, 0.5) is 5.82 Å². The summed E-state index contributed by atoms with van der Waals surface area (Å²) in [5.41, 5.74) is 3.27. The number of methoxy groups -OCH3 is 1. The van der Waals surface area contributed by atoms with Crippen LogP contribution in [-0.2, 0) is 11.3 Å². The molecule has 20 heavy (non-hydrogen) atoms. The van der Waals surface area contributed by atoms with Crippen LogP contribution in [0.2, 0.25) is 0 Å². The number of anilines is 1. The molecule has 1 N–H and O–H groups in total. The van der Waals surface area contributed by atoms with Gasteiger partial charge in [-0.1, -0.05) is 31.2 Å². The molecule has 0 aliphatic rings. The smallest absolute Gasteiger partial charge is 0.157 e. The lowest BCUT2D eigenvalue weighted by atomic mass is 10.1. The Kier molecular flexibility index (Phi) is 5.07. The number of nitrogens with zero attached hydrogens (tertiary/aromatic N) is 2. The molecule has 0 saturated carbocycles. The standard InChI is InChI=1S/C16H21N3O/c1-4-9-17-15-10-14(18-16(19-15)11-20-3)13-8-6-5-7-12(13)2/h5-8,10H,4,9,11H2,1-3H3,(H,17,18,19). The fourth-order valence-corrected chi connectivity index (χ4v) is 2.03. The average Bonchev–Trinajstić information content (AvgIpc) is 2.46. The fourth-order valence-electron chi connectivity index (χ4n) is 2.03. The maximum atomic E-state index is 5.16. The van der Waals surface area contributed by atoms with Crippen molar-refractivity contribution in [2.75, 3.05) is 19.0 Å². The van der Waals surface area contributed by atoms with Crippen molar-refractivity contribution in [3.8, 4) is 11.3 Å². The topological polar surface area (TPSA) is 47.0 Å². The first-order valence-corrected chi connectivity index (χ1v) is 6.91. The zero-order valence-corrected chi connectivity index (χ0v) is 12.3. The lowest BCUT2D eigenvalue weighted by molar-refractivity contribution is 0.178. The third-order valence-electron chi connectivity index (χ3n) is 3.02. The van der Waals surface area contributed by atoms with E-state index < -0.39 is 0 Å². The number of aryl methyl sites for hydroxylation is 1. The van der Waals surface area contributed by atoms with Gasteiger partial charge in [-0.2, -0.15) is 0 Å². The molecule has 0 unspecified atom stereocenters. The van der Waals surface area contributed by atoms with Gasteiger partial charge >= 0.3 is 0 Å². The quantitative estimate of drug-likeness (QED) is 0.874. The Morgan fingerprint density at radius 1 is 1.20 bits per heavy atom. The maximum Gasteiger partial charge on any atom is 0.157 e. The minimum Gasteiger partial charge on any atom is -0.377 e. The number of hydrogen-bond donors (Lipinski definition) is 1. The summed E-state index contributed by atoms with van der Waals surface area (Å²) in [7, 11) is 1.66. The molecule has 0 saturated heterocycles. The van der Waals surface area contributed by atoms with Crippen molar-refractivity contribution >= 4 is 5.82 Å². The van der Waals surface area contributed by atoms with E-state index in [0.29, 0.717) is 12.4 Å². The summed E-state index contributed by atoms with van der Waals surface area (Å²) in [6.45, 7) is 5.54. The molecule has 106 valence electrons. The third-order valence-corrected chi connectivity index (χ3v) is 3.02. The molecule has 1 aromatic heterocycles. The van der Waals surface area contributed by atoms with Crippen LogP contribution in [0.1, 0.15) is 24.7 Å². The SMILES string of the molecule is CCCNc1cc(-c2ccccc2C)nc(COC)n1. The van der Waals surface area contributed by atoms with Crippen LogP contribution in [0.3, 0.4) is 0 Å². The predicted octanol–water partition coefficient (Wildman–Crippen LogP) is 3.42. The summed E-state index contributed by atoms with van der Waals surface area (Å²) in [4.78, 5) is 9.05. The van der Waals surface area contributed by atoms with Gasteiger partial charge in [0, 0.05) is 25.3 Å². The molecule has 0 aliphatic heterocycles. The van der Waals surface area contributed by atoms with E-state index in [4.69, 9.17) is 4.74 Å². The van der Waals surface area contributed by atoms with Gasteiger partial charge in [0.2, 0.25) is 0 Å². The molecule has 0 bridgehead atoms. The monoisotopic (exact) mass is 271 g/mol. The molecule has 4 nitrogen and oxygen atoms in total. The van der Waals surface area contributed by atoms with Crippen LogP contribution in [0.5, 0.6) is 0 Å². The summed E-state index contributed by atoms with van der Waals surface area (Å²) >= 11 is 0. The summed E-state index contributed by atoms with van der Waals surface area (Å²) in [6.07, 6.45) is 1.06. The van der Waals surface area contributed by atoms with Gasteiger partial charge in [0.25, 0.3) is 0 Å². The first kappa shape index (κ1) is 14.5. The Hall–Kier alpha value is -1.94. The van der Waals surface area contributed by atoms with Crippen molar-refractivity contribution in [2.45, 2.75) is 26.9 Å². The van der Waals surface area contributed by atoms with Gasteiger partial charge in [0.15, 0.2) is 5.82 Å². The molecule has 0 fully saturated rings. The Bertz CT molecular complexity index is 569. The van der Waals surface area contributed by atoms with E-state index in [1.807, 2.05) is 18.2 Å². The molecule has 2 aromatic rings. The molecule has 2 rings (SSSR count). The van der Waals surface area contributed by atoms with Crippen molar-refractivity contribution in [1.82, 2.24) is 9.97 Å². The lowest BCUT2D eigenvalue weighted by Gasteiger charge is -2.10. The van der Waals surface area contributed by atoms with Crippen LogP contribution >= 0.6 is 0 Å². The number of benzene rings is 1. The second kappa shape index (κ2) is 7.01. The largest absolute Gasteiger partial charge is 0.377 e. The van der Waals surface area contributed by atoms with Crippen molar-refractivity contribution in [2.24, 2.45) is 0 Å². The molecule has 0 radical (unpaired) electrons. The molecular weight excluding hydrogens is 250 g/mol. The van der Waals surface area contributed by atoms with Crippen LogP contribution in [-0.4, -0.2) is 23.6 Å². The van der Waals surface area contributed by atoms with E-state index in [1.54, 1.807) is 7.11 Å². The van der Waals surface area contributed by atoms with E-state index in [1.165, 1.54) is 5.56 Å². The average molecular weight is 271 g/mol. The predicted molar refractivity (Wildman–Crippen MR) is 81.7 cm³/mol. The first-order chi connectivity index (χ1) is 9.74. The van der Waals surface area contributed by atoms with Gasteiger partial charge in [-0.25, -0.2) is 9.97 Å². The first-order valence-electron chi connectivity index (χ1n) is 6.91. The van der Waals surface area contributed by atoms with Gasteiger partial charge in [-0.15, -0.1) is 0 Å². The molecule has 1 aromatic carbocycles. The Morgan fingerprint density at radius 3 is 2.70 bits per heavy atom. The van der Waals surface area contributed by atoms with Crippen LogP contribution < -0.4 is 5.32 Å². The zero-order chi connectivity index (χ0) is 14.4. The Labute approximate surface area is 120 Å². The Morgan fingerprint density at radius 2 is 2.00 bits per heavy atom. The number of aromatic nitrogens is 2. The molecule has 0 aliphatic carbocycles. The summed E-state index contributed by atoms with van der Waals surface area (Å²) in [5.74, 6) is 1.55. The normalized spacial score (nSPS) is 10.6. The van der Waals surface area contributed by atoms with Gasteiger partial charge in [0.05, 0.1) is 5.69 Å². The second-order valence-corrected chi connectivity index (χ2v) is 4.73. The van der Waals surface area contributed by atoms with Crippen LogP contribution in [0.25, 0.3) is 11.3 Å². The van der Waals surface area contributed by atoms with Gasteiger partial charge < -0.3 is 10.1 Å². The summed E-state index contributed by atoms with van der Waals surface area (Å²) in [5, 5.41) is 3.32. The highest BCUT2D eigenvalue weighted by Gasteiger charge is 2.08. The molecule has 0 atom stereocenters. The van der Waals surface area contributed by atoms with E-state index in [2.05, 4.69) is 41.3 Å². The minimum atomic E-state index is 0.417. The fraction of sp³-hybridized carbons (Fsp3) is 0.375. The molecular formula is C16H21N3O. The van der Waals surface area contributed by atoms with Crippen molar-refractivity contribution in [3.05, 3.63) is 41.7 Å². The molecule has 1 heterocycles. The molecule has 4 heteroatoms. The highest BCUT2D eigenvalue weighted by atomic mass is 16.5. The maximum absolute atomic E-state index is 5.16. The second-order valence-electron chi connectivity index (χ2n) is 4.73. The lowest BCUT2D eigenvalue weighted by Crippen LogP contribution is -2.07.